The lowest BCUT2D eigenvalue weighted by Crippen LogP contribution is -2.31. The van der Waals surface area contributed by atoms with Crippen molar-refractivity contribution in [2.24, 2.45) is 0 Å². The number of carbonyl (C=O) groups excluding carboxylic acids is 1. The van der Waals surface area contributed by atoms with Gasteiger partial charge in [-0.1, -0.05) is 5.16 Å². The molecule has 4 rings (SSSR count). The summed E-state index contributed by atoms with van der Waals surface area (Å²) in [7, 11) is -1.98. The molecule has 2 N–H and O–H groups in total. The Morgan fingerprint density at radius 3 is 3.07 bits per heavy atom. The summed E-state index contributed by atoms with van der Waals surface area (Å²) in [6.07, 6.45) is 4.25. The largest absolute Gasteiger partial charge is 0.360 e. The van der Waals surface area contributed by atoms with Gasteiger partial charge in [0.15, 0.2) is 11.5 Å². The van der Waals surface area contributed by atoms with Crippen molar-refractivity contribution >= 4 is 32.7 Å². The molecule has 0 fully saturated rings. The summed E-state index contributed by atoms with van der Waals surface area (Å²) in [6, 6.07) is 1.92. The first-order chi connectivity index (χ1) is 13.5. The Kier molecular flexibility index (Phi) is 4.85. The number of rotatable bonds is 7. The molecule has 1 aliphatic rings. The fourth-order valence-corrected chi connectivity index (χ4v) is 4.09. The van der Waals surface area contributed by atoms with Gasteiger partial charge in [-0.05, 0) is 19.5 Å². The Labute approximate surface area is 161 Å². The summed E-state index contributed by atoms with van der Waals surface area (Å²) < 4.78 is 30.6. The van der Waals surface area contributed by atoms with Crippen molar-refractivity contribution in [3.63, 3.8) is 0 Å². The molecule has 0 saturated carbocycles. The van der Waals surface area contributed by atoms with Gasteiger partial charge >= 0.3 is 0 Å². The van der Waals surface area contributed by atoms with E-state index in [0.29, 0.717) is 25.3 Å². The van der Waals surface area contributed by atoms with Crippen LogP contribution in [0.4, 0.5) is 5.82 Å². The lowest BCUT2D eigenvalue weighted by molar-refractivity contribution is 0.0972. The zero-order valence-corrected chi connectivity index (χ0v) is 16.1. The second kappa shape index (κ2) is 7.32. The van der Waals surface area contributed by atoms with E-state index < -0.39 is 10.0 Å². The van der Waals surface area contributed by atoms with Crippen LogP contribution in [0.2, 0.25) is 0 Å². The maximum Gasteiger partial charge on any atom is 0.211 e. The molecule has 11 heteroatoms. The first kappa shape index (κ1) is 18.6. The van der Waals surface area contributed by atoms with Crippen LogP contribution in [0.15, 0.2) is 23.1 Å². The average molecular weight is 404 g/mol. The van der Waals surface area contributed by atoms with Gasteiger partial charge < -0.3 is 14.4 Å². The van der Waals surface area contributed by atoms with Gasteiger partial charge in [0.1, 0.15) is 23.6 Å². The van der Waals surface area contributed by atoms with Crippen LogP contribution in [0.5, 0.6) is 0 Å². The van der Waals surface area contributed by atoms with E-state index in [-0.39, 0.29) is 30.1 Å². The van der Waals surface area contributed by atoms with E-state index in [2.05, 4.69) is 29.7 Å². The minimum absolute atomic E-state index is 0.0927. The zero-order chi connectivity index (χ0) is 19.7. The van der Waals surface area contributed by atoms with Crippen LogP contribution >= 0.6 is 0 Å². The Morgan fingerprint density at radius 2 is 2.25 bits per heavy atom. The summed E-state index contributed by atoms with van der Waals surface area (Å²) in [5, 5.41) is 4.87. The minimum Gasteiger partial charge on any atom is -0.360 e. The summed E-state index contributed by atoms with van der Waals surface area (Å²) >= 11 is 0. The molecular weight excluding hydrogens is 384 g/mol. The van der Waals surface area contributed by atoms with Gasteiger partial charge in [0.05, 0.1) is 17.7 Å². The van der Waals surface area contributed by atoms with Crippen LogP contribution in [0, 0.1) is 0 Å². The molecule has 0 saturated heterocycles. The number of Topliss-reactive ketones (excluding diaryl/α,β-unsaturated/α-hetero) is 1. The first-order valence-electron chi connectivity index (χ1n) is 8.93. The topological polar surface area (TPSA) is 134 Å². The zero-order valence-electron chi connectivity index (χ0n) is 15.3. The first-order valence-corrected chi connectivity index (χ1v) is 10.6. The molecule has 10 nitrogen and oxygen atoms in total. The molecule has 148 valence electrons. The van der Waals surface area contributed by atoms with Crippen LogP contribution in [0.1, 0.15) is 34.7 Å². The molecule has 1 aliphatic heterocycles. The van der Waals surface area contributed by atoms with Gasteiger partial charge in [0.2, 0.25) is 10.0 Å². The third-order valence-electron chi connectivity index (χ3n) is 4.85. The lowest BCUT2D eigenvalue weighted by Gasteiger charge is -2.27. The van der Waals surface area contributed by atoms with E-state index in [4.69, 9.17) is 4.52 Å². The van der Waals surface area contributed by atoms with Crippen molar-refractivity contribution in [3.8, 4) is 0 Å². The van der Waals surface area contributed by atoms with Gasteiger partial charge in [-0.15, -0.1) is 0 Å². The van der Waals surface area contributed by atoms with Crippen molar-refractivity contribution in [2.75, 3.05) is 24.2 Å². The number of nitrogens with zero attached hydrogens (tertiary/aromatic N) is 4. The number of aromatic nitrogens is 4. The van der Waals surface area contributed by atoms with Crippen LogP contribution in [-0.4, -0.2) is 53.7 Å². The number of hydrogen-bond donors (Lipinski definition) is 2. The van der Waals surface area contributed by atoms with Gasteiger partial charge in [0.25, 0.3) is 0 Å². The van der Waals surface area contributed by atoms with E-state index in [1.54, 1.807) is 0 Å². The maximum absolute atomic E-state index is 12.6. The smallest absolute Gasteiger partial charge is 0.211 e. The van der Waals surface area contributed by atoms with Gasteiger partial charge in [-0.25, -0.2) is 23.1 Å². The lowest BCUT2D eigenvalue weighted by atomic mass is 10.0. The Bertz CT molecular complexity index is 1120. The molecule has 4 heterocycles. The molecule has 0 aliphatic carbocycles. The van der Waals surface area contributed by atoms with Gasteiger partial charge in [-0.3, -0.25) is 4.79 Å². The predicted molar refractivity (Wildman–Crippen MR) is 102 cm³/mol. The number of carbonyl (C=O) groups is 1. The molecule has 3 aromatic rings. The van der Waals surface area contributed by atoms with E-state index in [1.807, 2.05) is 12.3 Å². The molecule has 0 radical (unpaired) electrons. The Hall–Kier alpha value is -2.79. The minimum atomic E-state index is -3.33. The number of ketones is 1. The molecule has 0 unspecified atom stereocenters. The number of sulfonamides is 1. The standard InChI is InChI=1S/C17H20N6O4S/c1-18-28(25,26)8-2-3-13(24)15-12-9-23(7-5-14(12)27-22-15)17-11-4-6-19-16(11)20-10-21-17/h4,6,10,18H,2-3,5,7-9H2,1H3,(H,19,20,21). The fourth-order valence-electron chi connectivity index (χ4n) is 3.36. The Balaban J connectivity index is 1.52. The second-order valence-electron chi connectivity index (χ2n) is 6.59. The predicted octanol–water partition coefficient (Wildman–Crippen LogP) is 1.02. The van der Waals surface area contributed by atoms with Crippen LogP contribution in [0.3, 0.4) is 0 Å². The fraction of sp³-hybridized carbons (Fsp3) is 0.412. The number of H-pyrrole nitrogens is 1. The number of anilines is 1. The summed E-state index contributed by atoms with van der Waals surface area (Å²) in [5.74, 6) is 1.17. The summed E-state index contributed by atoms with van der Waals surface area (Å²) in [5.41, 5.74) is 1.78. The molecule has 28 heavy (non-hydrogen) atoms. The molecule has 0 aromatic carbocycles. The highest BCUT2D eigenvalue weighted by molar-refractivity contribution is 7.89. The molecular formula is C17H20N6O4S. The van der Waals surface area contributed by atoms with Crippen LogP contribution in [-0.2, 0) is 23.0 Å². The average Bonchev–Trinajstić information content (AvgIpc) is 3.33. The highest BCUT2D eigenvalue weighted by Gasteiger charge is 2.29. The van der Waals surface area contributed by atoms with Crippen molar-refractivity contribution in [3.05, 3.63) is 35.6 Å². The summed E-state index contributed by atoms with van der Waals surface area (Å²) in [4.78, 5) is 26.3. The van der Waals surface area contributed by atoms with Crippen LogP contribution < -0.4 is 9.62 Å². The monoisotopic (exact) mass is 404 g/mol. The van der Waals surface area contributed by atoms with Crippen molar-refractivity contribution in [1.82, 2.24) is 24.8 Å². The number of aromatic amines is 1. The number of hydrogen-bond acceptors (Lipinski definition) is 8. The van der Waals surface area contributed by atoms with Crippen LogP contribution in [0.25, 0.3) is 11.0 Å². The normalized spacial score (nSPS) is 14.4. The highest BCUT2D eigenvalue weighted by Crippen LogP contribution is 2.29. The van der Waals surface area contributed by atoms with Crippen molar-refractivity contribution in [1.29, 1.82) is 0 Å². The quantitative estimate of drug-likeness (QED) is 0.558. The molecule has 0 bridgehead atoms. The summed E-state index contributed by atoms with van der Waals surface area (Å²) in [6.45, 7) is 1.14. The van der Waals surface area contributed by atoms with E-state index in [1.165, 1.54) is 13.4 Å². The molecule has 0 atom stereocenters. The molecule has 0 spiro atoms. The molecule has 3 aromatic heterocycles. The SMILES string of the molecule is CNS(=O)(=O)CCCC(=O)c1noc2c1CN(c1ncnc3[nH]ccc13)CC2. The Morgan fingerprint density at radius 1 is 1.39 bits per heavy atom. The molecule has 0 amide bonds. The maximum atomic E-state index is 12.6. The second-order valence-corrected chi connectivity index (χ2v) is 8.64. The van der Waals surface area contributed by atoms with Gasteiger partial charge in [-0.2, -0.15) is 0 Å². The third kappa shape index (κ3) is 3.50. The number of fused-ring (bicyclic) bond motifs is 2. The van der Waals surface area contributed by atoms with E-state index in [0.717, 1.165) is 22.4 Å². The van der Waals surface area contributed by atoms with Gasteiger partial charge in [0, 0.05) is 31.1 Å². The van der Waals surface area contributed by atoms with E-state index >= 15 is 0 Å². The van der Waals surface area contributed by atoms with E-state index in [9.17, 15) is 13.2 Å². The number of nitrogens with one attached hydrogen (secondary N) is 2. The van der Waals surface area contributed by atoms with Crippen molar-refractivity contribution in [2.45, 2.75) is 25.8 Å². The highest BCUT2D eigenvalue weighted by atomic mass is 32.2. The van der Waals surface area contributed by atoms with Crippen molar-refractivity contribution < 1.29 is 17.7 Å². The third-order valence-corrected chi connectivity index (χ3v) is 6.30.